The number of urea groups is 1. The number of carbonyl (C=O) groups excluding carboxylic acids is 1. The van der Waals surface area contributed by atoms with Gasteiger partial charge >= 0.3 is 12.4 Å². The number of alkyl halides is 3. The molecule has 2 aromatic carbocycles. The van der Waals surface area contributed by atoms with Crippen molar-refractivity contribution >= 4 is 6.03 Å². The van der Waals surface area contributed by atoms with Crippen molar-refractivity contribution in [1.29, 1.82) is 0 Å². The fourth-order valence-electron chi connectivity index (χ4n) is 4.36. The quantitative estimate of drug-likeness (QED) is 0.682. The minimum atomic E-state index is -4.82. The van der Waals surface area contributed by atoms with Crippen LogP contribution >= 0.6 is 0 Å². The Bertz CT molecular complexity index is 991. The maximum atomic E-state index is 13.5. The Balaban J connectivity index is 1.81. The van der Waals surface area contributed by atoms with Crippen molar-refractivity contribution < 1.29 is 36.9 Å². The van der Waals surface area contributed by atoms with Crippen molar-refractivity contribution in [3.63, 3.8) is 0 Å². The van der Waals surface area contributed by atoms with Crippen LogP contribution in [0.3, 0.4) is 0 Å². The highest BCUT2D eigenvalue weighted by atomic mass is 19.4. The van der Waals surface area contributed by atoms with Crippen LogP contribution in [-0.2, 0) is 11.2 Å². The van der Waals surface area contributed by atoms with Gasteiger partial charge in [-0.25, -0.2) is 4.79 Å². The summed E-state index contributed by atoms with van der Waals surface area (Å²) < 4.78 is 59.1. The minimum Gasteiger partial charge on any atom is -0.497 e. The molecule has 33 heavy (non-hydrogen) atoms. The molecule has 178 valence electrons. The lowest BCUT2D eigenvalue weighted by atomic mass is 9.87. The first-order valence-corrected chi connectivity index (χ1v) is 10.5. The number of methoxy groups -OCH3 is 2. The van der Waals surface area contributed by atoms with Gasteiger partial charge in [0, 0.05) is 31.3 Å². The Hall–Kier alpha value is -3.14. The van der Waals surface area contributed by atoms with E-state index in [0.717, 1.165) is 11.1 Å². The van der Waals surface area contributed by atoms with Crippen LogP contribution in [0.25, 0.3) is 0 Å². The van der Waals surface area contributed by atoms with E-state index in [1.807, 2.05) is 6.07 Å². The van der Waals surface area contributed by atoms with Crippen LogP contribution < -0.4 is 14.2 Å². The zero-order valence-corrected chi connectivity index (χ0v) is 18.4. The Morgan fingerprint density at radius 3 is 2.45 bits per heavy atom. The number of nitrogens with zero attached hydrogens (tertiary/aromatic N) is 2. The predicted molar refractivity (Wildman–Crippen MR) is 113 cm³/mol. The molecule has 1 unspecified atom stereocenters. The molecule has 1 saturated heterocycles. The maximum Gasteiger partial charge on any atom is 0.573 e. The van der Waals surface area contributed by atoms with Crippen LogP contribution in [0.2, 0.25) is 0 Å². The molecular weight excluding hydrogens is 441 g/mol. The van der Waals surface area contributed by atoms with E-state index in [-0.39, 0.29) is 11.8 Å². The standard InChI is InChI=1S/C23H25F3N2O5/c1-30-18-12-15-6-7-28(22(29)27-8-10-32-11-9-27)21(20(15)19(14-18)31-2)16-4-3-5-17(13-16)33-23(24,25)26/h3-5,12-14,21H,6-11H2,1-2H3. The van der Waals surface area contributed by atoms with E-state index in [1.54, 1.807) is 29.0 Å². The lowest BCUT2D eigenvalue weighted by Gasteiger charge is -2.41. The molecule has 0 aromatic heterocycles. The molecule has 0 N–H and O–H groups in total. The summed E-state index contributed by atoms with van der Waals surface area (Å²) in [4.78, 5) is 16.9. The number of benzene rings is 2. The minimum absolute atomic E-state index is 0.200. The summed E-state index contributed by atoms with van der Waals surface area (Å²) >= 11 is 0. The topological polar surface area (TPSA) is 60.5 Å². The van der Waals surface area contributed by atoms with Crippen molar-refractivity contribution in [1.82, 2.24) is 9.80 Å². The number of rotatable bonds is 4. The van der Waals surface area contributed by atoms with Gasteiger partial charge in [-0.3, -0.25) is 0 Å². The molecule has 0 radical (unpaired) electrons. The normalized spacial score (nSPS) is 18.5. The molecule has 2 aliphatic rings. The fourth-order valence-corrected chi connectivity index (χ4v) is 4.36. The third-order valence-electron chi connectivity index (χ3n) is 5.80. The third-order valence-corrected chi connectivity index (χ3v) is 5.80. The summed E-state index contributed by atoms with van der Waals surface area (Å²) in [6, 6.07) is 8.44. The lowest BCUT2D eigenvalue weighted by Crippen LogP contribution is -2.51. The van der Waals surface area contributed by atoms with E-state index in [1.165, 1.54) is 25.3 Å². The Morgan fingerprint density at radius 1 is 1.03 bits per heavy atom. The zero-order chi connectivity index (χ0) is 23.6. The molecule has 7 nitrogen and oxygen atoms in total. The number of ether oxygens (including phenoxy) is 4. The number of fused-ring (bicyclic) bond motifs is 1. The molecule has 0 bridgehead atoms. The van der Waals surface area contributed by atoms with Crippen molar-refractivity contribution in [2.75, 3.05) is 47.1 Å². The van der Waals surface area contributed by atoms with Gasteiger partial charge in [-0.15, -0.1) is 13.2 Å². The van der Waals surface area contributed by atoms with E-state index in [2.05, 4.69) is 4.74 Å². The van der Waals surface area contributed by atoms with E-state index >= 15 is 0 Å². The average Bonchev–Trinajstić information content (AvgIpc) is 2.81. The van der Waals surface area contributed by atoms with Gasteiger partial charge in [0.05, 0.1) is 33.5 Å². The van der Waals surface area contributed by atoms with Gasteiger partial charge in [-0.2, -0.15) is 0 Å². The van der Waals surface area contributed by atoms with Crippen LogP contribution in [0.1, 0.15) is 22.7 Å². The number of amides is 2. The molecule has 10 heteroatoms. The summed E-state index contributed by atoms with van der Waals surface area (Å²) in [5, 5.41) is 0. The monoisotopic (exact) mass is 466 g/mol. The van der Waals surface area contributed by atoms with Gasteiger partial charge in [0.1, 0.15) is 17.2 Å². The van der Waals surface area contributed by atoms with Gasteiger partial charge in [0.2, 0.25) is 0 Å². The Labute approximate surface area is 189 Å². The highest BCUT2D eigenvalue weighted by molar-refractivity contribution is 5.77. The first-order chi connectivity index (χ1) is 15.8. The zero-order valence-electron chi connectivity index (χ0n) is 18.4. The molecule has 2 aliphatic heterocycles. The van der Waals surface area contributed by atoms with E-state index in [4.69, 9.17) is 14.2 Å². The largest absolute Gasteiger partial charge is 0.573 e. The molecule has 0 aliphatic carbocycles. The fraction of sp³-hybridized carbons (Fsp3) is 0.435. The van der Waals surface area contributed by atoms with Crippen molar-refractivity contribution in [3.05, 3.63) is 53.1 Å². The number of hydrogen-bond donors (Lipinski definition) is 0. The molecular formula is C23H25F3N2O5. The number of hydrogen-bond acceptors (Lipinski definition) is 5. The second-order valence-corrected chi connectivity index (χ2v) is 7.75. The van der Waals surface area contributed by atoms with E-state index < -0.39 is 12.4 Å². The van der Waals surface area contributed by atoms with E-state index in [0.29, 0.717) is 56.3 Å². The second-order valence-electron chi connectivity index (χ2n) is 7.75. The number of halogens is 3. The Kier molecular flexibility index (Phi) is 6.55. The van der Waals surface area contributed by atoms with Crippen molar-refractivity contribution in [3.8, 4) is 17.2 Å². The van der Waals surface area contributed by atoms with Gasteiger partial charge in [-0.05, 0) is 35.7 Å². The van der Waals surface area contributed by atoms with Crippen LogP contribution in [0.5, 0.6) is 17.2 Å². The summed E-state index contributed by atoms with van der Waals surface area (Å²) in [5.74, 6) is 0.751. The van der Waals surface area contributed by atoms with Gasteiger partial charge in [0.15, 0.2) is 0 Å². The predicted octanol–water partition coefficient (Wildman–Crippen LogP) is 4.00. The highest BCUT2D eigenvalue weighted by Crippen LogP contribution is 2.44. The smallest absolute Gasteiger partial charge is 0.497 e. The molecule has 4 rings (SSSR count). The highest BCUT2D eigenvalue weighted by Gasteiger charge is 2.38. The van der Waals surface area contributed by atoms with Crippen LogP contribution in [0.4, 0.5) is 18.0 Å². The Morgan fingerprint density at radius 2 is 1.79 bits per heavy atom. The maximum absolute atomic E-state index is 13.5. The van der Waals surface area contributed by atoms with Gasteiger partial charge in [-0.1, -0.05) is 12.1 Å². The van der Waals surface area contributed by atoms with Crippen LogP contribution in [0, 0.1) is 0 Å². The third kappa shape index (κ3) is 4.95. The number of carbonyl (C=O) groups is 1. The molecule has 2 amide bonds. The van der Waals surface area contributed by atoms with E-state index in [9.17, 15) is 18.0 Å². The molecule has 1 fully saturated rings. The van der Waals surface area contributed by atoms with Crippen molar-refractivity contribution in [2.24, 2.45) is 0 Å². The summed E-state index contributed by atoms with van der Waals surface area (Å²) in [7, 11) is 3.06. The molecule has 1 atom stereocenters. The van der Waals surface area contributed by atoms with Crippen LogP contribution in [-0.4, -0.2) is 69.3 Å². The summed E-state index contributed by atoms with van der Waals surface area (Å²) in [5.41, 5.74) is 2.11. The van der Waals surface area contributed by atoms with Gasteiger partial charge in [0.25, 0.3) is 0 Å². The molecule has 0 spiro atoms. The van der Waals surface area contributed by atoms with Crippen molar-refractivity contribution in [2.45, 2.75) is 18.8 Å². The first kappa shape index (κ1) is 23.0. The average molecular weight is 466 g/mol. The van der Waals surface area contributed by atoms with Gasteiger partial charge < -0.3 is 28.7 Å². The van der Waals surface area contributed by atoms with Crippen LogP contribution in [0.15, 0.2) is 36.4 Å². The number of morpholine rings is 1. The first-order valence-electron chi connectivity index (χ1n) is 10.5. The SMILES string of the molecule is COc1cc2c(c(OC)c1)C(c1cccc(OC(F)(F)F)c1)N(C(=O)N1CCOCC1)CC2. The molecule has 2 aromatic rings. The lowest BCUT2D eigenvalue weighted by molar-refractivity contribution is -0.274. The summed E-state index contributed by atoms with van der Waals surface area (Å²) in [6.07, 6.45) is -4.27. The molecule has 0 saturated carbocycles. The summed E-state index contributed by atoms with van der Waals surface area (Å²) in [6.45, 7) is 2.17. The molecule has 2 heterocycles. The second kappa shape index (κ2) is 9.38.